The molecular formula is C7H6Cl2N2. The van der Waals surface area contributed by atoms with Gasteiger partial charge < -0.3 is 5.41 Å². The number of halogens is 2. The summed E-state index contributed by atoms with van der Waals surface area (Å²) < 4.78 is 0. The number of hydrogen-bond acceptors (Lipinski definition) is 2. The highest BCUT2D eigenvalue weighted by atomic mass is 35.5. The van der Waals surface area contributed by atoms with Gasteiger partial charge in [0.2, 0.25) is 0 Å². The lowest BCUT2D eigenvalue weighted by Crippen LogP contribution is -1.91. The fraction of sp³-hybridized carbons (Fsp3) is 0.143. The van der Waals surface area contributed by atoms with Crippen LogP contribution in [-0.4, -0.2) is 11.2 Å². The van der Waals surface area contributed by atoms with E-state index >= 15 is 0 Å². The van der Waals surface area contributed by atoms with Gasteiger partial charge in [-0.2, -0.15) is 0 Å². The number of nitrogens with one attached hydrogen (secondary N) is 1. The van der Waals surface area contributed by atoms with Gasteiger partial charge in [-0.05, 0) is 18.6 Å². The van der Waals surface area contributed by atoms with Crippen LogP contribution in [0.4, 0.5) is 0 Å². The van der Waals surface area contributed by atoms with Crippen LogP contribution < -0.4 is 0 Å². The molecule has 0 aliphatic carbocycles. The zero-order chi connectivity index (χ0) is 8.43. The van der Waals surface area contributed by atoms with Crippen molar-refractivity contribution in [3.63, 3.8) is 0 Å². The highest BCUT2D eigenvalue weighted by Gasteiger charge is 2.03. The van der Waals surface area contributed by atoms with Crippen LogP contribution in [0.2, 0.25) is 10.3 Å². The Kier molecular flexibility index (Phi) is 2.47. The lowest BCUT2D eigenvalue weighted by Gasteiger charge is -2.00. The number of aromatic nitrogens is 1. The number of aryl methyl sites for hydroxylation is 1. The van der Waals surface area contributed by atoms with Gasteiger partial charge in [-0.25, -0.2) is 4.98 Å². The maximum absolute atomic E-state index is 7.00. The molecule has 0 radical (unpaired) electrons. The highest BCUT2D eigenvalue weighted by molar-refractivity contribution is 6.34. The summed E-state index contributed by atoms with van der Waals surface area (Å²) in [5.74, 6) is 0. The summed E-state index contributed by atoms with van der Waals surface area (Å²) in [6, 6.07) is 1.67. The van der Waals surface area contributed by atoms with E-state index < -0.39 is 0 Å². The van der Waals surface area contributed by atoms with Crippen molar-refractivity contribution in [2.24, 2.45) is 0 Å². The van der Waals surface area contributed by atoms with Gasteiger partial charge in [0.1, 0.15) is 10.3 Å². The first-order valence-electron chi connectivity index (χ1n) is 2.98. The highest BCUT2D eigenvalue weighted by Crippen LogP contribution is 2.18. The van der Waals surface area contributed by atoms with E-state index in [-0.39, 0.29) is 5.15 Å². The van der Waals surface area contributed by atoms with Crippen molar-refractivity contribution >= 4 is 29.4 Å². The second kappa shape index (κ2) is 3.20. The summed E-state index contributed by atoms with van der Waals surface area (Å²) in [6.07, 6.45) is 1.17. The molecule has 0 saturated carbocycles. The van der Waals surface area contributed by atoms with E-state index in [2.05, 4.69) is 4.98 Å². The molecule has 1 aromatic heterocycles. The van der Waals surface area contributed by atoms with Crippen LogP contribution in [0.3, 0.4) is 0 Å². The topological polar surface area (TPSA) is 36.7 Å². The van der Waals surface area contributed by atoms with E-state index in [1.54, 1.807) is 6.07 Å². The molecular weight excluding hydrogens is 183 g/mol. The van der Waals surface area contributed by atoms with Crippen LogP contribution in [0.5, 0.6) is 0 Å². The minimum Gasteiger partial charge on any atom is -0.308 e. The van der Waals surface area contributed by atoms with Crippen molar-refractivity contribution in [3.8, 4) is 0 Å². The molecule has 0 fully saturated rings. The largest absolute Gasteiger partial charge is 0.308 e. The lowest BCUT2D eigenvalue weighted by atomic mass is 10.2. The fourth-order valence-electron chi connectivity index (χ4n) is 0.779. The van der Waals surface area contributed by atoms with Crippen LogP contribution in [-0.2, 0) is 0 Å². The fourth-order valence-corrected chi connectivity index (χ4v) is 1.36. The molecule has 4 heteroatoms. The molecule has 0 saturated heterocycles. The van der Waals surface area contributed by atoms with Crippen molar-refractivity contribution in [1.29, 1.82) is 5.41 Å². The summed E-state index contributed by atoms with van der Waals surface area (Å²) in [4.78, 5) is 3.78. The molecule has 1 N–H and O–H groups in total. The van der Waals surface area contributed by atoms with Crippen molar-refractivity contribution in [1.82, 2.24) is 4.98 Å². The molecule has 0 atom stereocenters. The lowest BCUT2D eigenvalue weighted by molar-refractivity contribution is 1.27. The normalized spacial score (nSPS) is 9.73. The van der Waals surface area contributed by atoms with Crippen LogP contribution in [0.1, 0.15) is 11.1 Å². The van der Waals surface area contributed by atoms with Crippen LogP contribution >= 0.6 is 23.2 Å². The molecule has 0 aliphatic rings. The Labute approximate surface area is 74.7 Å². The van der Waals surface area contributed by atoms with Gasteiger partial charge in [-0.15, -0.1) is 0 Å². The second-order valence-electron chi connectivity index (χ2n) is 2.11. The number of hydrogen-bond donors (Lipinski definition) is 1. The van der Waals surface area contributed by atoms with E-state index in [4.69, 9.17) is 28.6 Å². The molecule has 1 aromatic rings. The van der Waals surface area contributed by atoms with E-state index in [9.17, 15) is 0 Å². The smallest absolute Gasteiger partial charge is 0.139 e. The van der Waals surface area contributed by atoms with Crippen molar-refractivity contribution < 1.29 is 0 Å². The summed E-state index contributed by atoms with van der Waals surface area (Å²) in [7, 11) is 0. The van der Waals surface area contributed by atoms with Crippen LogP contribution in [0.15, 0.2) is 6.07 Å². The third kappa shape index (κ3) is 1.70. The molecule has 0 aromatic carbocycles. The number of rotatable bonds is 1. The number of nitrogens with zero attached hydrogens (tertiary/aromatic N) is 1. The predicted octanol–water partition coefficient (Wildman–Crippen LogP) is 2.69. The van der Waals surface area contributed by atoms with Crippen molar-refractivity contribution in [2.75, 3.05) is 0 Å². The SMILES string of the molecule is Cc1cc(Cl)nc(Cl)c1C=N. The Morgan fingerprint density at radius 2 is 2.18 bits per heavy atom. The average molecular weight is 189 g/mol. The van der Waals surface area contributed by atoms with E-state index in [1.807, 2.05) is 6.92 Å². The van der Waals surface area contributed by atoms with E-state index in [0.717, 1.165) is 5.56 Å². The Hall–Kier alpha value is -0.600. The van der Waals surface area contributed by atoms with E-state index in [1.165, 1.54) is 6.21 Å². The summed E-state index contributed by atoms with van der Waals surface area (Å²) in [5, 5.41) is 7.65. The predicted molar refractivity (Wildman–Crippen MR) is 46.9 cm³/mol. The molecule has 1 rings (SSSR count). The summed E-state index contributed by atoms with van der Waals surface area (Å²) in [6.45, 7) is 1.83. The molecule has 0 unspecified atom stereocenters. The van der Waals surface area contributed by atoms with Crippen molar-refractivity contribution in [3.05, 3.63) is 27.5 Å². The first-order valence-corrected chi connectivity index (χ1v) is 3.74. The second-order valence-corrected chi connectivity index (χ2v) is 2.86. The van der Waals surface area contributed by atoms with Crippen LogP contribution in [0, 0.1) is 12.3 Å². The zero-order valence-electron chi connectivity index (χ0n) is 5.86. The minimum atomic E-state index is 0.282. The molecule has 0 spiro atoms. The Bertz CT molecular complexity index is 273. The monoisotopic (exact) mass is 188 g/mol. The van der Waals surface area contributed by atoms with Gasteiger partial charge in [0.05, 0.1) is 0 Å². The standard InChI is InChI=1S/C7H6Cl2N2/c1-4-2-6(8)11-7(9)5(4)3-10/h2-3,10H,1H3. The molecule has 0 amide bonds. The van der Waals surface area contributed by atoms with Crippen molar-refractivity contribution in [2.45, 2.75) is 6.92 Å². The molecule has 0 bridgehead atoms. The Morgan fingerprint density at radius 3 is 2.64 bits per heavy atom. The van der Waals surface area contributed by atoms with Gasteiger partial charge in [0.25, 0.3) is 0 Å². The van der Waals surface area contributed by atoms with Gasteiger partial charge in [-0.3, -0.25) is 0 Å². The van der Waals surface area contributed by atoms with Gasteiger partial charge in [-0.1, -0.05) is 23.2 Å². The maximum Gasteiger partial charge on any atom is 0.139 e. The average Bonchev–Trinajstić information content (AvgIpc) is 1.85. The first kappa shape index (κ1) is 8.50. The quantitative estimate of drug-likeness (QED) is 0.535. The maximum atomic E-state index is 7.00. The molecule has 11 heavy (non-hydrogen) atoms. The molecule has 58 valence electrons. The van der Waals surface area contributed by atoms with Crippen LogP contribution in [0.25, 0.3) is 0 Å². The van der Waals surface area contributed by atoms with Gasteiger partial charge in [0.15, 0.2) is 0 Å². The summed E-state index contributed by atoms with van der Waals surface area (Å²) in [5.41, 5.74) is 1.49. The van der Waals surface area contributed by atoms with Gasteiger partial charge in [0, 0.05) is 11.8 Å². The first-order chi connectivity index (χ1) is 5.15. The Morgan fingerprint density at radius 1 is 1.55 bits per heavy atom. The number of pyridine rings is 1. The van der Waals surface area contributed by atoms with E-state index in [0.29, 0.717) is 10.7 Å². The summed E-state index contributed by atoms with van der Waals surface area (Å²) >= 11 is 11.3. The zero-order valence-corrected chi connectivity index (χ0v) is 7.37. The Balaban J connectivity index is 3.36. The molecule has 2 nitrogen and oxygen atoms in total. The molecule has 1 heterocycles. The van der Waals surface area contributed by atoms with Gasteiger partial charge >= 0.3 is 0 Å². The third-order valence-corrected chi connectivity index (χ3v) is 1.81. The molecule has 0 aliphatic heterocycles. The minimum absolute atomic E-state index is 0.282. The third-order valence-electron chi connectivity index (χ3n) is 1.33.